The number of rotatable bonds is 4. The normalized spacial score (nSPS) is 11.5. The number of aromatic nitrogens is 3. The molecule has 0 radical (unpaired) electrons. The van der Waals surface area contributed by atoms with Crippen molar-refractivity contribution < 1.29 is 8.83 Å². The fraction of sp³-hybridized carbons (Fsp3) is 0. The number of fused-ring (bicyclic) bond motifs is 4. The summed E-state index contributed by atoms with van der Waals surface area (Å²) in [4.78, 5) is 14.6. The number of benzene rings is 5. The summed E-state index contributed by atoms with van der Waals surface area (Å²) in [6, 6.07) is 42.3. The average molecular weight is 516 g/mol. The zero-order chi connectivity index (χ0) is 26.5. The van der Waals surface area contributed by atoms with Crippen molar-refractivity contribution in [2.45, 2.75) is 0 Å². The molecule has 188 valence electrons. The zero-order valence-corrected chi connectivity index (χ0v) is 21.3. The van der Waals surface area contributed by atoms with Gasteiger partial charge in [0.25, 0.3) is 0 Å². The van der Waals surface area contributed by atoms with Crippen LogP contribution in [0.25, 0.3) is 78.4 Å². The Morgan fingerprint density at radius 2 is 1.18 bits per heavy atom. The quantitative estimate of drug-likeness (QED) is 0.234. The highest BCUT2D eigenvalue weighted by Gasteiger charge is 2.18. The topological polar surface area (TPSA) is 65.0 Å². The van der Waals surface area contributed by atoms with Gasteiger partial charge in [-0.25, -0.2) is 15.0 Å². The number of para-hydroxylation sites is 2. The molecule has 8 aromatic rings. The first kappa shape index (κ1) is 22.4. The van der Waals surface area contributed by atoms with Gasteiger partial charge >= 0.3 is 0 Å². The second kappa shape index (κ2) is 9.03. The predicted molar refractivity (Wildman–Crippen MR) is 159 cm³/mol. The minimum Gasteiger partial charge on any atom is -0.456 e. The van der Waals surface area contributed by atoms with Crippen molar-refractivity contribution in [1.82, 2.24) is 15.0 Å². The number of furan rings is 1. The van der Waals surface area contributed by atoms with E-state index in [4.69, 9.17) is 18.8 Å². The lowest BCUT2D eigenvalue weighted by Gasteiger charge is -2.10. The lowest BCUT2D eigenvalue weighted by atomic mass is 10.0. The molecule has 0 saturated carbocycles. The Morgan fingerprint density at radius 3 is 2.00 bits per heavy atom. The number of nitrogens with zero attached hydrogens (tertiary/aromatic N) is 3. The van der Waals surface area contributed by atoms with E-state index in [0.717, 1.165) is 66.7 Å². The maximum absolute atomic E-state index is 6.37. The van der Waals surface area contributed by atoms with Gasteiger partial charge in [-0.2, -0.15) is 0 Å². The van der Waals surface area contributed by atoms with Crippen LogP contribution in [0.5, 0.6) is 0 Å². The molecule has 0 bridgehead atoms. The lowest BCUT2D eigenvalue weighted by molar-refractivity contribution is 0.619. The SMILES string of the molecule is c1ccc(-c2cc(-c3cccc4oc5cc(-c6nc7ccccc7o6)ccc5c34)nc(-c3ccccc3)n2)cc1. The molecule has 5 aromatic carbocycles. The molecule has 0 spiro atoms. The Morgan fingerprint density at radius 1 is 0.450 bits per heavy atom. The van der Waals surface area contributed by atoms with E-state index in [9.17, 15) is 0 Å². The standard InChI is InChI=1S/C35H21N3O2/c1-3-10-22(11-4-1)28-21-29(37-34(36-28)23-12-5-2-6-13-23)25-14-9-17-31-33(25)26-19-18-24(20-32(26)39-31)35-38-27-15-7-8-16-30(27)40-35/h1-21H. The molecule has 0 amide bonds. The minimum absolute atomic E-state index is 0.569. The highest BCUT2D eigenvalue weighted by Crippen LogP contribution is 2.39. The number of oxazole rings is 1. The third kappa shape index (κ3) is 3.76. The number of hydrogen-bond acceptors (Lipinski definition) is 5. The van der Waals surface area contributed by atoms with Crippen LogP contribution in [0.15, 0.2) is 136 Å². The Balaban J connectivity index is 1.32. The van der Waals surface area contributed by atoms with Crippen LogP contribution < -0.4 is 0 Å². The summed E-state index contributed by atoms with van der Waals surface area (Å²) in [6.45, 7) is 0. The smallest absolute Gasteiger partial charge is 0.227 e. The first-order valence-corrected chi connectivity index (χ1v) is 13.1. The minimum atomic E-state index is 0.569. The number of hydrogen-bond donors (Lipinski definition) is 0. The van der Waals surface area contributed by atoms with Gasteiger partial charge in [-0.15, -0.1) is 0 Å². The zero-order valence-electron chi connectivity index (χ0n) is 21.3. The maximum Gasteiger partial charge on any atom is 0.227 e. The van der Waals surface area contributed by atoms with Crippen molar-refractivity contribution in [3.63, 3.8) is 0 Å². The van der Waals surface area contributed by atoms with E-state index in [-0.39, 0.29) is 0 Å². The van der Waals surface area contributed by atoms with Crippen molar-refractivity contribution in [3.05, 3.63) is 127 Å². The fourth-order valence-electron chi connectivity index (χ4n) is 5.23. The van der Waals surface area contributed by atoms with Gasteiger partial charge in [0.15, 0.2) is 11.4 Å². The molecule has 0 fully saturated rings. The van der Waals surface area contributed by atoms with E-state index in [1.165, 1.54) is 0 Å². The Bertz CT molecular complexity index is 2070. The van der Waals surface area contributed by atoms with Gasteiger partial charge in [0.2, 0.25) is 5.89 Å². The van der Waals surface area contributed by atoms with Crippen molar-refractivity contribution in [1.29, 1.82) is 0 Å². The van der Waals surface area contributed by atoms with Gasteiger partial charge in [-0.3, -0.25) is 0 Å². The predicted octanol–water partition coefficient (Wildman–Crippen LogP) is 9.19. The van der Waals surface area contributed by atoms with Crippen LogP contribution in [0, 0.1) is 0 Å². The van der Waals surface area contributed by atoms with E-state index in [0.29, 0.717) is 11.7 Å². The van der Waals surface area contributed by atoms with Crippen molar-refractivity contribution in [3.8, 4) is 45.4 Å². The van der Waals surface area contributed by atoms with E-state index in [1.807, 2.05) is 97.1 Å². The first-order chi connectivity index (χ1) is 19.8. The molecule has 0 unspecified atom stereocenters. The highest BCUT2D eigenvalue weighted by atomic mass is 16.3. The average Bonchev–Trinajstić information content (AvgIpc) is 3.63. The molecule has 0 atom stereocenters. The monoisotopic (exact) mass is 515 g/mol. The van der Waals surface area contributed by atoms with Gasteiger partial charge in [-0.05, 0) is 42.5 Å². The summed E-state index contributed by atoms with van der Waals surface area (Å²) in [5, 5.41) is 2.02. The maximum atomic E-state index is 6.37. The van der Waals surface area contributed by atoms with Gasteiger partial charge in [-0.1, -0.05) is 84.9 Å². The van der Waals surface area contributed by atoms with Gasteiger partial charge < -0.3 is 8.83 Å². The Kier molecular flexibility index (Phi) is 5.07. The fourth-order valence-corrected chi connectivity index (χ4v) is 5.23. The summed E-state index contributed by atoms with van der Waals surface area (Å²) in [6.07, 6.45) is 0. The molecule has 5 heteroatoms. The van der Waals surface area contributed by atoms with Crippen LogP contribution in [0.3, 0.4) is 0 Å². The summed E-state index contributed by atoms with van der Waals surface area (Å²) < 4.78 is 12.4. The van der Waals surface area contributed by atoms with Crippen molar-refractivity contribution >= 4 is 33.0 Å². The summed E-state index contributed by atoms with van der Waals surface area (Å²) in [5.41, 5.74) is 8.71. The van der Waals surface area contributed by atoms with Crippen LogP contribution in [0.1, 0.15) is 0 Å². The van der Waals surface area contributed by atoms with E-state index in [2.05, 4.69) is 35.3 Å². The van der Waals surface area contributed by atoms with Crippen LogP contribution in [-0.2, 0) is 0 Å². The molecule has 0 aliphatic carbocycles. The molecule has 8 rings (SSSR count). The third-order valence-electron chi connectivity index (χ3n) is 7.14. The van der Waals surface area contributed by atoms with Crippen LogP contribution in [-0.4, -0.2) is 15.0 Å². The second-order valence-electron chi connectivity index (χ2n) is 9.67. The molecule has 0 aliphatic rings. The molecule has 3 aromatic heterocycles. The van der Waals surface area contributed by atoms with Crippen molar-refractivity contribution in [2.24, 2.45) is 0 Å². The van der Waals surface area contributed by atoms with Crippen molar-refractivity contribution in [2.75, 3.05) is 0 Å². The van der Waals surface area contributed by atoms with Gasteiger partial charge in [0.1, 0.15) is 16.7 Å². The summed E-state index contributed by atoms with van der Waals surface area (Å²) in [5.74, 6) is 1.25. The molecular formula is C35H21N3O2. The highest BCUT2D eigenvalue weighted by molar-refractivity contribution is 6.12. The molecule has 3 heterocycles. The molecular weight excluding hydrogens is 494 g/mol. The van der Waals surface area contributed by atoms with E-state index >= 15 is 0 Å². The van der Waals surface area contributed by atoms with Gasteiger partial charge in [0.05, 0.1) is 11.4 Å². The molecule has 40 heavy (non-hydrogen) atoms. The van der Waals surface area contributed by atoms with E-state index < -0.39 is 0 Å². The molecule has 0 N–H and O–H groups in total. The molecule has 0 saturated heterocycles. The lowest BCUT2D eigenvalue weighted by Crippen LogP contribution is -1.96. The van der Waals surface area contributed by atoms with Crippen LogP contribution >= 0.6 is 0 Å². The summed E-state index contributed by atoms with van der Waals surface area (Å²) >= 11 is 0. The molecule has 5 nitrogen and oxygen atoms in total. The summed E-state index contributed by atoms with van der Waals surface area (Å²) in [7, 11) is 0. The third-order valence-corrected chi connectivity index (χ3v) is 7.14. The Hall–Kier alpha value is -5.55. The first-order valence-electron chi connectivity index (χ1n) is 13.1. The molecule has 0 aliphatic heterocycles. The largest absolute Gasteiger partial charge is 0.456 e. The van der Waals surface area contributed by atoms with E-state index in [1.54, 1.807) is 0 Å². The second-order valence-corrected chi connectivity index (χ2v) is 9.67. The Labute approximate surface area is 229 Å². The van der Waals surface area contributed by atoms with Crippen LogP contribution in [0.2, 0.25) is 0 Å². The van der Waals surface area contributed by atoms with Crippen LogP contribution in [0.4, 0.5) is 0 Å². The van der Waals surface area contributed by atoms with Gasteiger partial charge in [0, 0.05) is 33.0 Å².